The van der Waals surface area contributed by atoms with Crippen LogP contribution in [0.3, 0.4) is 0 Å². The van der Waals surface area contributed by atoms with E-state index in [-0.39, 0.29) is 23.3 Å². The van der Waals surface area contributed by atoms with E-state index in [0.717, 1.165) is 31.2 Å². The van der Waals surface area contributed by atoms with E-state index in [4.69, 9.17) is 10.2 Å². The number of nitrogens with one attached hydrogen (secondary N) is 1. The van der Waals surface area contributed by atoms with Crippen molar-refractivity contribution >= 4 is 34.3 Å². The third kappa shape index (κ3) is 4.39. The number of fused-ring (bicyclic) bond motifs is 1. The first-order valence-electron chi connectivity index (χ1n) is 10.1. The lowest BCUT2D eigenvalue weighted by Gasteiger charge is -2.18. The van der Waals surface area contributed by atoms with E-state index in [0.29, 0.717) is 28.2 Å². The number of benzene rings is 2. The van der Waals surface area contributed by atoms with Crippen molar-refractivity contribution in [3.63, 3.8) is 0 Å². The molecular weight excluding hydrogens is 396 g/mol. The fourth-order valence-corrected chi connectivity index (χ4v) is 4.70. The summed E-state index contributed by atoms with van der Waals surface area (Å²) in [5.74, 6) is 0.00526. The Kier molecular flexibility index (Phi) is 6.15. The number of para-hydroxylation sites is 1. The Balaban J connectivity index is 1.52. The SMILES string of the molecule is N#CCc1ccc(NC(=O)CSc2nc3ccccc3c(=O)n2C2CCCC2)cc1. The van der Waals surface area contributed by atoms with Gasteiger partial charge in [0.2, 0.25) is 5.91 Å². The number of carbonyl (C=O) groups excluding carboxylic acids is 1. The first kappa shape index (κ1) is 20.2. The first-order chi connectivity index (χ1) is 14.7. The summed E-state index contributed by atoms with van der Waals surface area (Å²) in [4.78, 5) is 30.3. The minimum Gasteiger partial charge on any atom is -0.325 e. The molecule has 0 spiro atoms. The number of rotatable bonds is 6. The maximum atomic E-state index is 13.1. The average molecular weight is 419 g/mol. The van der Waals surface area contributed by atoms with Gasteiger partial charge in [0.15, 0.2) is 5.16 Å². The molecule has 1 aliphatic carbocycles. The number of hydrogen-bond acceptors (Lipinski definition) is 5. The molecule has 0 unspecified atom stereocenters. The highest BCUT2D eigenvalue weighted by Crippen LogP contribution is 2.32. The van der Waals surface area contributed by atoms with Crippen LogP contribution in [0.1, 0.15) is 37.3 Å². The molecule has 0 bridgehead atoms. The highest BCUT2D eigenvalue weighted by atomic mass is 32.2. The maximum Gasteiger partial charge on any atom is 0.262 e. The Hall–Kier alpha value is -3.11. The standard InChI is InChI=1S/C23H22N4O2S/c24-14-13-16-9-11-17(12-10-16)25-21(28)15-30-23-26-20-8-4-3-7-19(20)22(29)27(23)18-5-1-2-6-18/h3-4,7-12,18H,1-2,5-6,13,15H2,(H,25,28). The van der Waals surface area contributed by atoms with Gasteiger partial charge in [-0.15, -0.1) is 0 Å². The van der Waals surface area contributed by atoms with Crippen molar-refractivity contribution in [3.05, 3.63) is 64.4 Å². The van der Waals surface area contributed by atoms with Crippen LogP contribution < -0.4 is 10.9 Å². The molecular formula is C23H22N4O2S. The van der Waals surface area contributed by atoms with Crippen molar-refractivity contribution in [2.24, 2.45) is 0 Å². The van der Waals surface area contributed by atoms with Crippen LogP contribution in [-0.2, 0) is 11.2 Å². The number of nitriles is 1. The molecule has 0 radical (unpaired) electrons. The maximum absolute atomic E-state index is 13.1. The monoisotopic (exact) mass is 418 g/mol. The Morgan fingerprint density at radius 1 is 1.17 bits per heavy atom. The second-order valence-corrected chi connectivity index (χ2v) is 8.34. The molecule has 0 aliphatic heterocycles. The van der Waals surface area contributed by atoms with Crippen LogP contribution >= 0.6 is 11.8 Å². The molecule has 4 rings (SSSR count). The van der Waals surface area contributed by atoms with Crippen LogP contribution in [0.25, 0.3) is 10.9 Å². The number of aromatic nitrogens is 2. The minimum atomic E-state index is -0.159. The fourth-order valence-electron chi connectivity index (χ4n) is 3.84. The lowest BCUT2D eigenvalue weighted by Crippen LogP contribution is -2.27. The Morgan fingerprint density at radius 2 is 1.90 bits per heavy atom. The molecule has 1 saturated carbocycles. The second-order valence-electron chi connectivity index (χ2n) is 7.39. The number of hydrogen-bond donors (Lipinski definition) is 1. The topological polar surface area (TPSA) is 87.8 Å². The van der Waals surface area contributed by atoms with E-state index in [1.54, 1.807) is 16.7 Å². The molecule has 1 amide bonds. The molecule has 1 heterocycles. The predicted octanol–water partition coefficient (Wildman–Crippen LogP) is 4.31. The summed E-state index contributed by atoms with van der Waals surface area (Å²) in [7, 11) is 0. The van der Waals surface area contributed by atoms with Crippen LogP contribution in [0.5, 0.6) is 0 Å². The summed E-state index contributed by atoms with van der Waals surface area (Å²) in [6, 6.07) is 16.9. The van der Waals surface area contributed by atoms with Crippen LogP contribution in [0.15, 0.2) is 58.5 Å². The van der Waals surface area contributed by atoms with Crippen LogP contribution in [0.2, 0.25) is 0 Å². The number of thioether (sulfide) groups is 1. The van der Waals surface area contributed by atoms with Gasteiger partial charge < -0.3 is 5.32 Å². The Morgan fingerprint density at radius 3 is 2.63 bits per heavy atom. The number of amides is 1. The summed E-state index contributed by atoms with van der Waals surface area (Å²) >= 11 is 1.30. The summed E-state index contributed by atoms with van der Waals surface area (Å²) in [5, 5.41) is 12.8. The van der Waals surface area contributed by atoms with Crippen molar-refractivity contribution in [1.82, 2.24) is 9.55 Å². The molecule has 1 fully saturated rings. The highest BCUT2D eigenvalue weighted by molar-refractivity contribution is 7.99. The fraction of sp³-hybridized carbons (Fsp3) is 0.304. The van der Waals surface area contributed by atoms with Crippen molar-refractivity contribution in [2.75, 3.05) is 11.1 Å². The first-order valence-corrected chi connectivity index (χ1v) is 11.0. The summed E-state index contributed by atoms with van der Waals surface area (Å²) in [6.07, 6.45) is 4.49. The largest absolute Gasteiger partial charge is 0.325 e. The predicted molar refractivity (Wildman–Crippen MR) is 119 cm³/mol. The molecule has 7 heteroatoms. The Labute approximate surface area is 178 Å². The van der Waals surface area contributed by atoms with Gasteiger partial charge in [0.1, 0.15) is 0 Å². The van der Waals surface area contributed by atoms with Crippen molar-refractivity contribution in [1.29, 1.82) is 5.26 Å². The molecule has 152 valence electrons. The van der Waals surface area contributed by atoms with E-state index < -0.39 is 0 Å². The lowest BCUT2D eigenvalue weighted by atomic mass is 10.1. The van der Waals surface area contributed by atoms with Crippen molar-refractivity contribution in [3.8, 4) is 6.07 Å². The second kappa shape index (κ2) is 9.14. The number of carbonyl (C=O) groups is 1. The third-order valence-electron chi connectivity index (χ3n) is 5.32. The summed E-state index contributed by atoms with van der Waals surface area (Å²) in [5.41, 5.74) is 2.23. The normalized spacial score (nSPS) is 14.0. The zero-order valence-corrected chi connectivity index (χ0v) is 17.3. The molecule has 2 aromatic carbocycles. The molecule has 6 nitrogen and oxygen atoms in total. The summed E-state index contributed by atoms with van der Waals surface area (Å²) in [6.45, 7) is 0. The minimum absolute atomic E-state index is 0.0245. The average Bonchev–Trinajstić information content (AvgIpc) is 3.28. The van der Waals surface area contributed by atoms with Crippen molar-refractivity contribution in [2.45, 2.75) is 43.3 Å². The molecule has 1 N–H and O–H groups in total. The van der Waals surface area contributed by atoms with Crippen LogP contribution in [-0.4, -0.2) is 21.2 Å². The van der Waals surface area contributed by atoms with Gasteiger partial charge in [-0.05, 0) is 42.7 Å². The molecule has 1 aliphatic rings. The van der Waals surface area contributed by atoms with Gasteiger partial charge in [0.05, 0.1) is 29.1 Å². The lowest BCUT2D eigenvalue weighted by molar-refractivity contribution is -0.113. The van der Waals surface area contributed by atoms with Gasteiger partial charge in [0, 0.05) is 11.7 Å². The zero-order chi connectivity index (χ0) is 20.9. The smallest absolute Gasteiger partial charge is 0.262 e. The van der Waals surface area contributed by atoms with E-state index >= 15 is 0 Å². The van der Waals surface area contributed by atoms with Gasteiger partial charge in [-0.1, -0.05) is 48.9 Å². The summed E-state index contributed by atoms with van der Waals surface area (Å²) < 4.78 is 1.80. The molecule has 0 atom stereocenters. The highest BCUT2D eigenvalue weighted by Gasteiger charge is 2.23. The third-order valence-corrected chi connectivity index (χ3v) is 6.27. The van der Waals surface area contributed by atoms with E-state index in [9.17, 15) is 9.59 Å². The molecule has 1 aromatic heterocycles. The Bertz CT molecular complexity index is 1160. The van der Waals surface area contributed by atoms with Crippen LogP contribution in [0.4, 0.5) is 5.69 Å². The van der Waals surface area contributed by atoms with Gasteiger partial charge in [0.25, 0.3) is 5.56 Å². The van der Waals surface area contributed by atoms with E-state index in [1.807, 2.05) is 36.4 Å². The van der Waals surface area contributed by atoms with E-state index in [2.05, 4.69) is 11.4 Å². The number of anilines is 1. The zero-order valence-electron chi connectivity index (χ0n) is 16.5. The molecule has 30 heavy (non-hydrogen) atoms. The molecule has 3 aromatic rings. The van der Waals surface area contributed by atoms with E-state index in [1.165, 1.54) is 11.8 Å². The van der Waals surface area contributed by atoms with Gasteiger partial charge >= 0.3 is 0 Å². The van der Waals surface area contributed by atoms with Gasteiger partial charge in [-0.3, -0.25) is 14.2 Å². The van der Waals surface area contributed by atoms with Crippen LogP contribution in [0, 0.1) is 11.3 Å². The van der Waals surface area contributed by atoms with Gasteiger partial charge in [-0.2, -0.15) is 5.26 Å². The van der Waals surface area contributed by atoms with Gasteiger partial charge in [-0.25, -0.2) is 4.98 Å². The quantitative estimate of drug-likeness (QED) is 0.476. The molecule has 0 saturated heterocycles. The number of nitrogens with zero attached hydrogens (tertiary/aromatic N) is 3. The van der Waals surface area contributed by atoms with Crippen molar-refractivity contribution < 1.29 is 4.79 Å².